The first-order valence-electron chi connectivity index (χ1n) is 14.0. The number of methoxy groups -OCH3 is 2. The van der Waals surface area contributed by atoms with E-state index in [1.807, 2.05) is 25.3 Å². The summed E-state index contributed by atoms with van der Waals surface area (Å²) in [6.07, 6.45) is 0.0519. The average molecular weight is 710 g/mol. The molecule has 0 aliphatic carbocycles. The number of rotatable bonds is 6. The van der Waals surface area contributed by atoms with Crippen molar-refractivity contribution in [2.24, 2.45) is 5.84 Å². The maximum Gasteiger partial charge on any atom is 0.426 e. The lowest BCUT2D eigenvalue weighted by molar-refractivity contribution is 0.0481. The van der Waals surface area contributed by atoms with Crippen molar-refractivity contribution in [3.8, 4) is 11.5 Å². The van der Waals surface area contributed by atoms with Crippen LogP contribution in [0.2, 0.25) is 0 Å². The van der Waals surface area contributed by atoms with Gasteiger partial charge in [0.1, 0.15) is 22.7 Å². The Morgan fingerprint density at radius 2 is 1.11 bits per heavy atom. The number of alkyl halides is 2. The van der Waals surface area contributed by atoms with Crippen LogP contribution in [0.25, 0.3) is 0 Å². The van der Waals surface area contributed by atoms with Crippen LogP contribution >= 0.6 is 34.8 Å². The number of hydrogen-bond donors (Lipinski definition) is 4. The largest absolute Gasteiger partial charge is 0.496 e. The Balaban J connectivity index is 0. The van der Waals surface area contributed by atoms with Gasteiger partial charge in [0.15, 0.2) is 0 Å². The van der Waals surface area contributed by atoms with Gasteiger partial charge >= 0.3 is 12.2 Å². The third-order valence-electron chi connectivity index (χ3n) is 5.06. The molecule has 260 valence electrons. The predicted octanol–water partition coefficient (Wildman–Crippen LogP) is 6.87. The Morgan fingerprint density at radius 1 is 0.717 bits per heavy atom. The Labute approximate surface area is 286 Å². The Kier molecular flexibility index (Phi) is 22.3. The molecule has 0 spiro atoms. The third kappa shape index (κ3) is 19.2. The van der Waals surface area contributed by atoms with Crippen molar-refractivity contribution in [1.29, 1.82) is 0 Å². The molecule has 0 aliphatic heterocycles. The molecular weight excluding hydrogens is 663 g/mol. The molecule has 15 heteroatoms. The van der Waals surface area contributed by atoms with Gasteiger partial charge < -0.3 is 18.9 Å². The lowest BCUT2D eigenvalue weighted by atomic mass is 10.0. The second-order valence-corrected chi connectivity index (χ2v) is 11.9. The van der Waals surface area contributed by atoms with Crippen LogP contribution in [-0.4, -0.2) is 54.1 Å². The highest BCUT2D eigenvalue weighted by atomic mass is 35.5. The van der Waals surface area contributed by atoms with Gasteiger partial charge in [0.25, 0.3) is 11.1 Å². The molecule has 0 fully saturated rings. The van der Waals surface area contributed by atoms with Crippen LogP contribution in [0.15, 0.2) is 36.4 Å². The van der Waals surface area contributed by atoms with E-state index in [1.54, 1.807) is 86.1 Å². The molecule has 0 bridgehead atoms. The zero-order valence-electron chi connectivity index (χ0n) is 28.1. The first-order chi connectivity index (χ1) is 21.4. The number of amides is 3. The van der Waals surface area contributed by atoms with Crippen LogP contribution in [0.5, 0.6) is 11.5 Å². The number of ether oxygens (including phenoxy) is 4. The van der Waals surface area contributed by atoms with E-state index in [4.69, 9.17) is 59.6 Å². The number of halogens is 3. The fourth-order valence-corrected chi connectivity index (χ4v) is 3.60. The highest BCUT2D eigenvalue weighted by molar-refractivity contribution is 6.68. The number of nitrogens with two attached hydrogens (primary N) is 1. The summed E-state index contributed by atoms with van der Waals surface area (Å²) >= 11 is 14.9. The van der Waals surface area contributed by atoms with E-state index in [0.29, 0.717) is 29.0 Å². The highest BCUT2D eigenvalue weighted by Gasteiger charge is 2.19. The van der Waals surface area contributed by atoms with Crippen LogP contribution in [-0.2, 0) is 22.3 Å². The topological polar surface area (TPSA) is 167 Å². The molecule has 12 nitrogen and oxygen atoms in total. The van der Waals surface area contributed by atoms with Gasteiger partial charge in [0, 0.05) is 22.3 Å². The Morgan fingerprint density at radius 3 is 1.43 bits per heavy atom. The molecule has 5 N–H and O–H groups in total. The SMILES string of the molecule is CC(C)(C)OC(=O)NN.CCc1c(OC)cccc1C(=O)Cl.CCc1c(OC)cccc1C(=O)NNC(=O)OC(C)(C)C.ClCCl. The molecular formula is C31H47Cl3N4O8. The number of nitrogens with one attached hydrogen (secondary N) is 3. The highest BCUT2D eigenvalue weighted by Crippen LogP contribution is 2.24. The third-order valence-corrected chi connectivity index (χ3v) is 5.27. The van der Waals surface area contributed by atoms with Gasteiger partial charge in [-0.2, -0.15) is 0 Å². The number of benzene rings is 2. The van der Waals surface area contributed by atoms with Gasteiger partial charge in [-0.15, -0.1) is 23.2 Å². The van der Waals surface area contributed by atoms with Crippen molar-refractivity contribution in [2.75, 3.05) is 19.6 Å². The molecule has 2 aromatic rings. The lowest BCUT2D eigenvalue weighted by Crippen LogP contribution is -2.44. The first-order valence-corrected chi connectivity index (χ1v) is 15.4. The minimum absolute atomic E-state index is 0.194. The van der Waals surface area contributed by atoms with E-state index in [1.165, 1.54) is 0 Å². The van der Waals surface area contributed by atoms with E-state index in [2.05, 4.69) is 10.9 Å². The lowest BCUT2D eigenvalue weighted by Gasteiger charge is -2.20. The smallest absolute Gasteiger partial charge is 0.426 e. The van der Waals surface area contributed by atoms with Gasteiger partial charge in [-0.05, 0) is 90.3 Å². The second kappa shape index (κ2) is 23.0. The minimum atomic E-state index is -0.711. The number of hydrazine groups is 2. The maximum absolute atomic E-state index is 12.1. The number of hydrogen-bond acceptors (Lipinski definition) is 9. The van der Waals surface area contributed by atoms with E-state index >= 15 is 0 Å². The van der Waals surface area contributed by atoms with E-state index in [9.17, 15) is 19.2 Å². The van der Waals surface area contributed by atoms with E-state index in [0.717, 1.165) is 17.5 Å². The summed E-state index contributed by atoms with van der Waals surface area (Å²) in [6.45, 7) is 14.4. The molecule has 2 rings (SSSR count). The van der Waals surface area contributed by atoms with E-state index < -0.39 is 34.5 Å². The van der Waals surface area contributed by atoms with Crippen LogP contribution in [0, 0.1) is 0 Å². The summed E-state index contributed by atoms with van der Waals surface area (Å²) in [5.41, 5.74) is 7.95. The number of carbonyl (C=O) groups is 4. The molecule has 0 radical (unpaired) electrons. The normalized spacial score (nSPS) is 10.1. The molecule has 0 saturated carbocycles. The Hall–Kier alpha value is -3.45. The second-order valence-electron chi connectivity index (χ2n) is 10.8. The van der Waals surface area contributed by atoms with Crippen molar-refractivity contribution < 1.29 is 38.1 Å². The van der Waals surface area contributed by atoms with Crippen molar-refractivity contribution in [2.45, 2.75) is 79.4 Å². The van der Waals surface area contributed by atoms with Gasteiger partial charge in [-0.25, -0.2) is 20.9 Å². The molecule has 46 heavy (non-hydrogen) atoms. The quantitative estimate of drug-likeness (QED) is 0.0823. The summed E-state index contributed by atoms with van der Waals surface area (Å²) in [6, 6.07) is 10.5. The standard InChI is InChI=1S/C15H22N2O4.C10H11ClO2.C5H12N2O2.CH2Cl2/c1-6-10-11(8-7-9-12(10)20-5)13(18)16-17-14(19)21-15(2,3)4;1-3-7-8(10(11)12)5-4-6-9(7)13-2;1-5(2,3)9-4(8)7-6;2-1-3/h7-9H,6H2,1-5H3,(H,16,18)(H,17,19);4-6H,3H2,1-2H3;6H2,1-3H3,(H,7,8);1H2. The predicted molar refractivity (Wildman–Crippen MR) is 182 cm³/mol. The molecule has 0 unspecified atom stereocenters. The van der Waals surface area contributed by atoms with Crippen molar-refractivity contribution >= 4 is 58.1 Å². The summed E-state index contributed by atoms with van der Waals surface area (Å²) in [7, 11) is 3.13. The first kappa shape index (κ1) is 44.7. The minimum Gasteiger partial charge on any atom is -0.496 e. The average Bonchev–Trinajstić information content (AvgIpc) is 2.98. The van der Waals surface area contributed by atoms with Crippen LogP contribution in [0.4, 0.5) is 9.59 Å². The van der Waals surface area contributed by atoms with Gasteiger partial charge in [0.2, 0.25) is 0 Å². The van der Waals surface area contributed by atoms with Crippen LogP contribution < -0.4 is 31.6 Å². The Bertz CT molecular complexity index is 1250. The maximum atomic E-state index is 12.1. The summed E-state index contributed by atoms with van der Waals surface area (Å²) in [5.74, 6) is 5.69. The van der Waals surface area contributed by atoms with Gasteiger partial charge in [-0.3, -0.25) is 20.4 Å². The molecule has 0 atom stereocenters. The number of carbonyl (C=O) groups excluding carboxylic acids is 4. The molecule has 0 saturated heterocycles. The molecule has 0 aliphatic rings. The fourth-order valence-electron chi connectivity index (χ4n) is 3.43. The molecule has 0 heterocycles. The zero-order chi connectivity index (χ0) is 36.1. The molecule has 2 aromatic carbocycles. The molecule has 0 aromatic heterocycles. The molecule has 3 amide bonds. The zero-order valence-corrected chi connectivity index (χ0v) is 30.3. The summed E-state index contributed by atoms with van der Waals surface area (Å²) < 4.78 is 20.1. The van der Waals surface area contributed by atoms with Gasteiger partial charge in [0.05, 0.1) is 19.6 Å². The van der Waals surface area contributed by atoms with Gasteiger partial charge in [-0.1, -0.05) is 26.0 Å². The van der Waals surface area contributed by atoms with Crippen molar-refractivity contribution in [1.82, 2.24) is 16.3 Å². The summed E-state index contributed by atoms with van der Waals surface area (Å²) in [4.78, 5) is 45.0. The summed E-state index contributed by atoms with van der Waals surface area (Å²) in [5, 5.41) is -0.240. The van der Waals surface area contributed by atoms with Crippen LogP contribution in [0.3, 0.4) is 0 Å². The van der Waals surface area contributed by atoms with Crippen LogP contribution in [0.1, 0.15) is 87.2 Å². The van der Waals surface area contributed by atoms with E-state index in [-0.39, 0.29) is 5.34 Å². The van der Waals surface area contributed by atoms with Crippen molar-refractivity contribution in [3.05, 3.63) is 58.7 Å². The monoisotopic (exact) mass is 708 g/mol. The fraction of sp³-hybridized carbons (Fsp3) is 0.484. The van der Waals surface area contributed by atoms with Crippen molar-refractivity contribution in [3.63, 3.8) is 0 Å².